The van der Waals surface area contributed by atoms with Gasteiger partial charge in [-0.25, -0.2) is 0 Å². The highest BCUT2D eigenvalue weighted by Gasteiger charge is 2.16. The van der Waals surface area contributed by atoms with E-state index in [1.54, 1.807) is 6.07 Å². The van der Waals surface area contributed by atoms with E-state index in [2.05, 4.69) is 38.5 Å². The molecule has 3 aromatic carbocycles. The zero-order valence-corrected chi connectivity index (χ0v) is 18.5. The Kier molecular flexibility index (Phi) is 6.63. The van der Waals surface area contributed by atoms with Crippen LogP contribution < -0.4 is 5.32 Å². The van der Waals surface area contributed by atoms with E-state index < -0.39 is 0 Å². The Morgan fingerprint density at radius 1 is 0.969 bits per heavy atom. The van der Waals surface area contributed by atoms with Crippen molar-refractivity contribution >= 4 is 17.6 Å². The number of nitrogens with zero attached hydrogens (tertiary/aromatic N) is 2. The van der Waals surface area contributed by atoms with Crippen molar-refractivity contribution in [3.05, 3.63) is 82.9 Å². The second kappa shape index (κ2) is 9.77. The standard InChI is InChI=1S/C25H22ClN3O3/c1-16-21(18-7-4-3-5-8-18)9-6-10-22(16)25-29-28-24(32-25)19-11-17(12-20(26)13-19)14-27-15-23(30)31-2/h3-13,27H,14-15H2,1-2H3. The molecule has 0 fully saturated rings. The Balaban J connectivity index is 1.60. The van der Waals surface area contributed by atoms with E-state index in [0.717, 1.165) is 27.8 Å². The minimum atomic E-state index is -0.332. The number of benzene rings is 3. The van der Waals surface area contributed by atoms with Crippen LogP contribution in [0.25, 0.3) is 34.0 Å². The molecular formula is C25H22ClN3O3. The van der Waals surface area contributed by atoms with Gasteiger partial charge in [-0.3, -0.25) is 4.79 Å². The highest BCUT2D eigenvalue weighted by molar-refractivity contribution is 6.30. The molecular weight excluding hydrogens is 426 g/mol. The second-order valence-corrected chi connectivity index (χ2v) is 7.72. The van der Waals surface area contributed by atoms with Gasteiger partial charge in [-0.05, 0) is 53.4 Å². The molecule has 0 atom stereocenters. The van der Waals surface area contributed by atoms with Crippen molar-refractivity contribution in [2.75, 3.05) is 13.7 Å². The number of carbonyl (C=O) groups excluding carboxylic acids is 1. The Morgan fingerprint density at radius 2 is 1.72 bits per heavy atom. The third-order valence-electron chi connectivity index (χ3n) is 5.10. The molecule has 0 saturated heterocycles. The Labute approximate surface area is 191 Å². The number of methoxy groups -OCH3 is 1. The lowest BCUT2D eigenvalue weighted by atomic mass is 9.96. The van der Waals surface area contributed by atoms with Crippen LogP contribution in [0.5, 0.6) is 0 Å². The van der Waals surface area contributed by atoms with Gasteiger partial charge >= 0.3 is 5.97 Å². The monoisotopic (exact) mass is 447 g/mol. The first-order chi connectivity index (χ1) is 15.5. The van der Waals surface area contributed by atoms with Crippen molar-refractivity contribution in [3.63, 3.8) is 0 Å². The first-order valence-electron chi connectivity index (χ1n) is 10.1. The molecule has 4 rings (SSSR count). The number of ether oxygens (including phenoxy) is 1. The van der Waals surface area contributed by atoms with E-state index in [1.165, 1.54) is 7.11 Å². The smallest absolute Gasteiger partial charge is 0.319 e. The van der Waals surface area contributed by atoms with Crippen LogP contribution in [0.4, 0.5) is 0 Å². The molecule has 0 aliphatic rings. The van der Waals surface area contributed by atoms with Gasteiger partial charge < -0.3 is 14.5 Å². The molecule has 1 N–H and O–H groups in total. The normalized spacial score (nSPS) is 10.8. The van der Waals surface area contributed by atoms with Crippen molar-refractivity contribution in [1.29, 1.82) is 0 Å². The predicted octanol–water partition coefficient (Wildman–Crippen LogP) is 5.30. The Bertz CT molecular complexity index is 1240. The van der Waals surface area contributed by atoms with E-state index in [0.29, 0.717) is 28.9 Å². The largest absolute Gasteiger partial charge is 0.468 e. The summed E-state index contributed by atoms with van der Waals surface area (Å²) in [4.78, 5) is 11.3. The zero-order valence-electron chi connectivity index (χ0n) is 17.8. The van der Waals surface area contributed by atoms with E-state index >= 15 is 0 Å². The number of esters is 1. The minimum absolute atomic E-state index is 0.111. The molecule has 1 aromatic heterocycles. The number of carbonyl (C=O) groups is 1. The number of nitrogens with one attached hydrogen (secondary N) is 1. The van der Waals surface area contributed by atoms with Gasteiger partial charge in [-0.15, -0.1) is 10.2 Å². The highest BCUT2D eigenvalue weighted by Crippen LogP contribution is 2.33. The number of hydrogen-bond donors (Lipinski definition) is 1. The van der Waals surface area contributed by atoms with E-state index in [1.807, 2.05) is 49.4 Å². The maximum atomic E-state index is 11.3. The summed E-state index contributed by atoms with van der Waals surface area (Å²) < 4.78 is 10.7. The number of halogens is 1. The maximum absolute atomic E-state index is 11.3. The zero-order chi connectivity index (χ0) is 22.5. The summed E-state index contributed by atoms with van der Waals surface area (Å²) in [7, 11) is 1.35. The summed E-state index contributed by atoms with van der Waals surface area (Å²) in [6.45, 7) is 2.61. The predicted molar refractivity (Wildman–Crippen MR) is 124 cm³/mol. The summed E-state index contributed by atoms with van der Waals surface area (Å²) in [5.74, 6) is 0.490. The number of rotatable bonds is 7. The third kappa shape index (κ3) is 4.88. The lowest BCUT2D eigenvalue weighted by Crippen LogP contribution is -2.23. The highest BCUT2D eigenvalue weighted by atomic mass is 35.5. The van der Waals surface area contributed by atoms with Crippen molar-refractivity contribution in [3.8, 4) is 34.0 Å². The van der Waals surface area contributed by atoms with Gasteiger partial charge in [0.1, 0.15) is 0 Å². The van der Waals surface area contributed by atoms with E-state index in [4.69, 9.17) is 16.0 Å². The fourth-order valence-electron chi connectivity index (χ4n) is 3.50. The van der Waals surface area contributed by atoms with Gasteiger partial charge in [-0.1, -0.05) is 54.1 Å². The van der Waals surface area contributed by atoms with Crippen LogP contribution in [0.1, 0.15) is 11.1 Å². The molecule has 162 valence electrons. The fraction of sp³-hybridized carbons (Fsp3) is 0.160. The van der Waals surface area contributed by atoms with Crippen molar-refractivity contribution in [2.24, 2.45) is 0 Å². The molecule has 0 unspecified atom stereocenters. The topological polar surface area (TPSA) is 77.2 Å². The molecule has 6 nitrogen and oxygen atoms in total. The SMILES string of the molecule is COC(=O)CNCc1cc(Cl)cc(-c2nnc(-c3cccc(-c4ccccc4)c3C)o2)c1. The fourth-order valence-corrected chi connectivity index (χ4v) is 3.76. The first kappa shape index (κ1) is 21.7. The maximum Gasteiger partial charge on any atom is 0.319 e. The summed E-state index contributed by atoms with van der Waals surface area (Å²) in [6, 6.07) is 21.7. The van der Waals surface area contributed by atoms with Crippen LogP contribution in [0.3, 0.4) is 0 Å². The van der Waals surface area contributed by atoms with Crippen LogP contribution in [-0.4, -0.2) is 29.8 Å². The summed E-state index contributed by atoms with van der Waals surface area (Å²) in [5, 5.41) is 12.1. The molecule has 4 aromatic rings. The van der Waals surface area contributed by atoms with E-state index in [-0.39, 0.29) is 12.5 Å². The van der Waals surface area contributed by atoms with Crippen LogP contribution in [0, 0.1) is 6.92 Å². The number of hydrogen-bond acceptors (Lipinski definition) is 6. The molecule has 32 heavy (non-hydrogen) atoms. The molecule has 0 saturated carbocycles. The number of aromatic nitrogens is 2. The molecule has 7 heteroatoms. The molecule has 0 spiro atoms. The Morgan fingerprint density at radius 3 is 2.50 bits per heavy atom. The lowest BCUT2D eigenvalue weighted by Gasteiger charge is -2.09. The van der Waals surface area contributed by atoms with Gasteiger partial charge in [0.05, 0.1) is 13.7 Å². The summed E-state index contributed by atoms with van der Waals surface area (Å²) in [5.41, 5.74) is 5.79. The van der Waals surface area contributed by atoms with Gasteiger partial charge in [0.2, 0.25) is 11.8 Å². The van der Waals surface area contributed by atoms with Gasteiger partial charge in [0.15, 0.2) is 0 Å². The quantitative estimate of drug-likeness (QED) is 0.387. The first-order valence-corrected chi connectivity index (χ1v) is 10.5. The van der Waals surface area contributed by atoms with Gasteiger partial charge in [-0.2, -0.15) is 0 Å². The van der Waals surface area contributed by atoms with E-state index in [9.17, 15) is 4.79 Å². The minimum Gasteiger partial charge on any atom is -0.468 e. The molecule has 1 heterocycles. The second-order valence-electron chi connectivity index (χ2n) is 7.28. The lowest BCUT2D eigenvalue weighted by molar-refractivity contribution is -0.139. The molecule has 0 amide bonds. The Hall–Kier alpha value is -3.48. The van der Waals surface area contributed by atoms with Crippen molar-refractivity contribution < 1.29 is 13.9 Å². The van der Waals surface area contributed by atoms with Crippen LogP contribution in [0.15, 0.2) is 71.1 Å². The van der Waals surface area contributed by atoms with Gasteiger partial charge in [0, 0.05) is 22.7 Å². The molecule has 0 radical (unpaired) electrons. The van der Waals surface area contributed by atoms with Crippen molar-refractivity contribution in [2.45, 2.75) is 13.5 Å². The molecule has 0 bridgehead atoms. The third-order valence-corrected chi connectivity index (χ3v) is 5.32. The summed E-state index contributed by atoms with van der Waals surface area (Å²) in [6.07, 6.45) is 0. The van der Waals surface area contributed by atoms with Crippen LogP contribution >= 0.6 is 11.6 Å². The van der Waals surface area contributed by atoms with Gasteiger partial charge in [0.25, 0.3) is 0 Å². The average molecular weight is 448 g/mol. The molecule has 0 aliphatic heterocycles. The summed E-state index contributed by atoms with van der Waals surface area (Å²) >= 11 is 6.30. The van der Waals surface area contributed by atoms with Crippen LogP contribution in [0.2, 0.25) is 5.02 Å². The van der Waals surface area contributed by atoms with Crippen LogP contribution in [-0.2, 0) is 16.1 Å². The van der Waals surface area contributed by atoms with Crippen molar-refractivity contribution in [1.82, 2.24) is 15.5 Å². The molecule has 0 aliphatic carbocycles. The average Bonchev–Trinajstić information content (AvgIpc) is 3.29.